The molecule has 0 aromatic rings. The van der Waals surface area contributed by atoms with Gasteiger partial charge in [-0.25, -0.2) is 0 Å². The van der Waals surface area contributed by atoms with E-state index in [1.54, 1.807) is 57.2 Å². The Morgan fingerprint density at radius 2 is 1.17 bits per heavy atom. The van der Waals surface area contributed by atoms with Crippen LogP contribution in [-0.2, 0) is 28.6 Å². The van der Waals surface area contributed by atoms with Gasteiger partial charge in [-0.3, -0.25) is 14.4 Å². The van der Waals surface area contributed by atoms with E-state index in [0.717, 1.165) is 12.8 Å². The number of nitrogens with one attached hydrogen (secondary N) is 1. The summed E-state index contributed by atoms with van der Waals surface area (Å²) in [5.41, 5.74) is 5.39. The van der Waals surface area contributed by atoms with Crippen LogP contribution in [0.5, 0.6) is 0 Å². The Labute approximate surface area is 561 Å². The largest absolute Gasteiger partial charge is 0.510 e. The van der Waals surface area contributed by atoms with Gasteiger partial charge in [0.25, 0.3) is 0 Å². The number of aliphatic hydroxyl groups is 15. The number of carbonyl (C=O) groups excluding carboxylic acids is 3. The van der Waals surface area contributed by atoms with Crippen molar-refractivity contribution in [2.45, 2.75) is 260 Å². The van der Waals surface area contributed by atoms with Crippen molar-refractivity contribution < 1.29 is 105 Å². The molecule has 3 rings (SSSR count). The zero-order chi connectivity index (χ0) is 71.0. The Hall–Kier alpha value is -5.23. The van der Waals surface area contributed by atoms with E-state index in [4.69, 9.17) is 19.9 Å². The minimum absolute atomic E-state index is 0.0185. The van der Waals surface area contributed by atoms with E-state index >= 15 is 0 Å². The Morgan fingerprint density at radius 3 is 1.80 bits per heavy atom. The molecule has 0 bridgehead atoms. The summed E-state index contributed by atoms with van der Waals surface area (Å²) in [5.74, 6) is -1.62. The van der Waals surface area contributed by atoms with Crippen LogP contribution >= 0.6 is 0 Å². The van der Waals surface area contributed by atoms with Gasteiger partial charge in [-0.1, -0.05) is 155 Å². The van der Waals surface area contributed by atoms with E-state index < -0.39 is 110 Å². The fourth-order valence-electron chi connectivity index (χ4n) is 10.2. The fraction of sp³-hybridized carbons (Fsp3) is 0.625. The molecule has 2 saturated heterocycles. The molecule has 0 saturated carbocycles. The highest BCUT2D eigenvalue weighted by Crippen LogP contribution is 2.33. The highest BCUT2D eigenvalue weighted by molar-refractivity contribution is 6.03. The van der Waals surface area contributed by atoms with Crippen LogP contribution in [0, 0.1) is 17.8 Å². The second-order valence-corrected chi connectivity index (χ2v) is 25.2. The summed E-state index contributed by atoms with van der Waals surface area (Å²) in [7, 11) is 0. The van der Waals surface area contributed by atoms with Gasteiger partial charge in [-0.05, 0) is 84.6 Å². The van der Waals surface area contributed by atoms with Gasteiger partial charge in [0.1, 0.15) is 41.7 Å². The zero-order valence-corrected chi connectivity index (χ0v) is 56.2. The fourth-order valence-corrected chi connectivity index (χ4v) is 10.2. The van der Waals surface area contributed by atoms with Crippen molar-refractivity contribution in [3.05, 3.63) is 145 Å². The normalized spacial score (nSPS) is 25.3. The predicted octanol–water partition coefficient (Wildman–Crippen LogP) is 4.23. The first kappa shape index (κ1) is 85.9. The zero-order valence-electron chi connectivity index (χ0n) is 56.2. The van der Waals surface area contributed by atoms with Gasteiger partial charge in [-0.15, -0.1) is 0 Å². The molecule has 2 heterocycles. The van der Waals surface area contributed by atoms with Crippen molar-refractivity contribution in [1.29, 1.82) is 0 Å². The van der Waals surface area contributed by atoms with Crippen LogP contribution in [0.1, 0.15) is 144 Å². The van der Waals surface area contributed by atoms with Crippen LogP contribution in [0.3, 0.4) is 0 Å². The summed E-state index contributed by atoms with van der Waals surface area (Å²) in [5, 5.41) is 154. The summed E-state index contributed by atoms with van der Waals surface area (Å²) < 4.78 is 16.6. The average Bonchev–Trinajstić information content (AvgIpc) is 1.82. The van der Waals surface area contributed by atoms with E-state index in [9.17, 15) is 91.0 Å². The number of aliphatic hydroxyl groups excluding tert-OH is 15. The van der Waals surface area contributed by atoms with E-state index in [0.29, 0.717) is 25.8 Å². The van der Waals surface area contributed by atoms with Gasteiger partial charge < -0.3 is 102 Å². The van der Waals surface area contributed by atoms with Crippen LogP contribution < -0.4 is 11.1 Å². The molecular weight excluding hydrogens is 1230 g/mol. The maximum Gasteiger partial charge on any atom is 0.248 e. The van der Waals surface area contributed by atoms with Crippen molar-refractivity contribution in [2.24, 2.45) is 23.5 Å². The van der Waals surface area contributed by atoms with Gasteiger partial charge >= 0.3 is 0 Å². The molecule has 1 aliphatic carbocycles. The smallest absolute Gasteiger partial charge is 0.248 e. The first-order chi connectivity index (χ1) is 45.0. The minimum Gasteiger partial charge on any atom is -0.510 e. The number of unbranched alkanes of at least 4 members (excludes halogenated alkanes) is 1. The number of hydrogen-bond acceptors (Lipinski definition) is 22. The first-order valence-electron chi connectivity index (χ1n) is 33.4. The standard InChI is InChI=1S/C43H59NO10.C29H55NO11/c1-30(24-20-16-12-8-5-6-11-15-19-23-27-37(48)44-38-35(46)28-29-36(38)47)39(49)32(3)34(45)26-22-18-14-10-7-9-13-17-21-25-31(2)53-43-42(52)41(51)40(50)33(4)54-43;1-17(2)26(39)14-23(36)12-21(34)9-18(31)5-3-6-19(32)10-22(35)13-24(37)15-27(40)29-28(41-29)16-25(38)11-20(33)7-4-8-30/h5-11,13-15,17-24,26-27,30-34,39-43,45-46,49-52H,12,16,25,28-29H2,1-4H3,(H,44,48);3,5,17-25,27-29,31-38,40H,4,6-16,30H2,1-2H3/b8-5+,10-7+,11-6+,13-9+,18-14+,19-15+,21-17+,24-20+,26-22+,27-23+;5-3+. The Balaban J connectivity index is 0.000000672. The number of carbonyl (C=O) groups is 3. The highest BCUT2D eigenvalue weighted by Gasteiger charge is 2.46. The third kappa shape index (κ3) is 37.9. The second-order valence-electron chi connectivity index (χ2n) is 25.2. The van der Waals surface area contributed by atoms with Gasteiger partial charge in [0.05, 0.1) is 85.5 Å². The lowest BCUT2D eigenvalue weighted by molar-refractivity contribution is -0.302. The molecule has 1 amide bonds. The molecule has 21 atom stereocenters. The summed E-state index contributed by atoms with van der Waals surface area (Å²) >= 11 is 0. The molecule has 2 fully saturated rings. The molecule has 23 nitrogen and oxygen atoms in total. The van der Waals surface area contributed by atoms with Gasteiger partial charge in [0.15, 0.2) is 12.1 Å². The van der Waals surface area contributed by atoms with E-state index in [-0.39, 0.29) is 124 Å². The number of ketones is 2. The van der Waals surface area contributed by atoms with Crippen molar-refractivity contribution in [3.8, 4) is 0 Å². The minimum atomic E-state index is -1.32. The lowest BCUT2D eigenvalue weighted by Gasteiger charge is -2.39. The molecule has 538 valence electrons. The molecule has 0 radical (unpaired) electrons. The number of amides is 1. The molecule has 21 unspecified atom stereocenters. The van der Waals surface area contributed by atoms with Crippen molar-refractivity contribution in [2.75, 3.05) is 6.54 Å². The maximum absolute atomic E-state index is 11.8. The number of epoxide rings is 1. The summed E-state index contributed by atoms with van der Waals surface area (Å²) in [6, 6.07) is 0. The topological polar surface area (TPSA) is 424 Å². The van der Waals surface area contributed by atoms with Crippen LogP contribution in [0.15, 0.2) is 145 Å². The molecule has 95 heavy (non-hydrogen) atoms. The van der Waals surface area contributed by atoms with Gasteiger partial charge in [0, 0.05) is 62.4 Å². The number of allylic oxidation sites excluding steroid dienone is 18. The average molecular weight is 1340 g/mol. The molecule has 3 aliphatic rings. The van der Waals surface area contributed by atoms with Gasteiger partial charge in [0.2, 0.25) is 5.91 Å². The third-order valence-electron chi connectivity index (χ3n) is 16.1. The molecule has 23 heteroatoms. The highest BCUT2D eigenvalue weighted by atomic mass is 16.7. The first-order valence-corrected chi connectivity index (χ1v) is 33.4. The van der Waals surface area contributed by atoms with Crippen LogP contribution in [0.4, 0.5) is 0 Å². The van der Waals surface area contributed by atoms with Crippen LogP contribution in [0.25, 0.3) is 0 Å². The second kappa shape index (κ2) is 48.5. The Kier molecular flexibility index (Phi) is 43.8. The van der Waals surface area contributed by atoms with E-state index in [1.807, 2.05) is 99.8 Å². The SMILES string of the molecule is CC(C)C(=O)CC(O)CC(O)CC(O)/C=C/CC(O)CC(O)CC(O)CC(O)C1OC1CC(O)CC(O)CCCN.CC(C/C=C/C=C/C=C/C=C/C=C/C(O)C(C)C(O)C(C)/C=C/CC/C=C/C=C/C=C/C=C/C(=O)NC1=C(O)CCC1=O)OC1OC(C)C(O)C(O)C1O. The Morgan fingerprint density at radius 1 is 0.600 bits per heavy atom. The molecule has 2 aliphatic heterocycles. The lowest BCUT2D eigenvalue weighted by atomic mass is 9.88. The van der Waals surface area contributed by atoms with Gasteiger partial charge in [-0.2, -0.15) is 0 Å². The molecule has 0 spiro atoms. The van der Waals surface area contributed by atoms with Crippen molar-refractivity contribution >= 4 is 17.5 Å². The lowest BCUT2D eigenvalue weighted by Crippen LogP contribution is -2.57. The number of Topliss-reactive ketones (excluding diaryl/α,β-unsaturated/α-hetero) is 2. The number of hydrogen-bond donors (Lipinski definition) is 17. The summed E-state index contributed by atoms with van der Waals surface area (Å²) in [6.07, 6.45) is 26.6. The van der Waals surface area contributed by atoms with Crippen molar-refractivity contribution in [3.63, 3.8) is 0 Å². The maximum atomic E-state index is 11.8. The number of nitrogens with two attached hydrogens (primary N) is 1. The predicted molar refractivity (Wildman–Crippen MR) is 362 cm³/mol. The number of rotatable bonds is 45. The molecule has 18 N–H and O–H groups in total. The quantitative estimate of drug-likeness (QED) is 0.0133. The molecular formula is C72H114N2O21. The molecule has 0 aromatic heterocycles. The number of ether oxygens (including phenoxy) is 3. The molecule has 0 aromatic carbocycles. The van der Waals surface area contributed by atoms with Crippen molar-refractivity contribution in [1.82, 2.24) is 5.32 Å². The summed E-state index contributed by atoms with van der Waals surface area (Å²) in [4.78, 5) is 35.1. The van der Waals surface area contributed by atoms with Crippen LogP contribution in [0.2, 0.25) is 0 Å². The summed E-state index contributed by atoms with van der Waals surface area (Å²) in [6.45, 7) is 11.1. The Bertz CT molecular complexity index is 2560. The van der Waals surface area contributed by atoms with E-state index in [2.05, 4.69) is 5.32 Å². The van der Waals surface area contributed by atoms with Crippen LogP contribution in [-0.4, -0.2) is 217 Å². The monoisotopic (exact) mass is 1340 g/mol. The van der Waals surface area contributed by atoms with E-state index in [1.165, 1.54) is 18.2 Å². The third-order valence-corrected chi connectivity index (χ3v) is 16.1.